The maximum atomic E-state index is 2.20. The number of halogens is 1. The molecule has 0 amide bonds. The predicted molar refractivity (Wildman–Crippen MR) is 65.8 cm³/mol. The van der Waals surface area contributed by atoms with Gasteiger partial charge in [0.15, 0.2) is 0 Å². The van der Waals surface area contributed by atoms with Crippen molar-refractivity contribution in [2.24, 2.45) is 0 Å². The van der Waals surface area contributed by atoms with Gasteiger partial charge in [-0.15, -0.1) is 5.56 Å². The normalized spacial score (nSPS) is 9.35. The molecule has 0 unspecified atom stereocenters. The third-order valence-corrected chi connectivity index (χ3v) is 1.94. The van der Waals surface area contributed by atoms with Crippen LogP contribution >= 0.6 is 0 Å². The number of quaternary nitrogens is 1. The molecule has 0 aliphatic rings. The van der Waals surface area contributed by atoms with Crippen LogP contribution in [0.5, 0.6) is 0 Å². The van der Waals surface area contributed by atoms with Crippen molar-refractivity contribution < 1.29 is 34.0 Å². The van der Waals surface area contributed by atoms with E-state index in [1.54, 1.807) is 0 Å². The van der Waals surface area contributed by atoms with E-state index in [0.29, 0.717) is 0 Å². The molecule has 3 heteroatoms. The van der Waals surface area contributed by atoms with E-state index in [4.69, 9.17) is 0 Å². The Bertz CT molecular complexity index is 315. The van der Waals surface area contributed by atoms with Crippen LogP contribution in [0.15, 0.2) is 54.6 Å². The summed E-state index contributed by atoms with van der Waals surface area (Å²) in [7, 11) is 6.60. The summed E-state index contributed by atoms with van der Waals surface area (Å²) in [4.78, 5) is 0. The van der Waals surface area contributed by atoms with E-state index in [1.807, 2.05) is 30.3 Å². The zero-order chi connectivity index (χ0) is 11.1. The zero-order valence-corrected chi connectivity index (χ0v) is 12.4. The van der Waals surface area contributed by atoms with Crippen LogP contribution in [0, 0.1) is 0 Å². The number of nitrogens with zero attached hydrogens (tertiary/aromatic N) is 1. The van der Waals surface area contributed by atoms with Crippen LogP contribution in [0.4, 0.5) is 0 Å². The Labute approximate surface area is 122 Å². The van der Waals surface area contributed by atoms with Gasteiger partial charge in [-0.25, -0.2) is 12.1 Å². The molecular weight excluding hydrogens is 273 g/mol. The molecule has 0 bridgehead atoms. The van der Waals surface area contributed by atoms with Gasteiger partial charge in [-0.05, 0) is 0 Å². The smallest absolute Gasteiger partial charge is 0.0671 e. The summed E-state index contributed by atoms with van der Waals surface area (Å²) in [5.41, 5.74) is 1.42. The van der Waals surface area contributed by atoms with Crippen LogP contribution in [0.2, 0.25) is 0 Å². The first kappa shape index (κ1) is 18.8. The van der Waals surface area contributed by atoms with Crippen molar-refractivity contribution >= 4 is 0 Å². The Hall–Kier alpha value is -0.531. The van der Waals surface area contributed by atoms with Crippen molar-refractivity contribution in [2.45, 2.75) is 6.54 Å². The molecule has 102 valence electrons. The number of hydrogen-bond donors (Lipinski definition) is 0. The van der Waals surface area contributed by atoms with Gasteiger partial charge in [0.1, 0.15) is 0 Å². The summed E-state index contributed by atoms with van der Waals surface area (Å²) in [6, 6.07) is 18.5. The minimum atomic E-state index is 0. The minimum Gasteiger partial charge on any atom is -1.00 e. The average molecular weight is 294 g/mol. The largest absolute Gasteiger partial charge is 1.00 e. The van der Waals surface area contributed by atoms with E-state index >= 15 is 0 Å². The van der Waals surface area contributed by atoms with Gasteiger partial charge in [0.2, 0.25) is 0 Å². The van der Waals surface area contributed by atoms with Crippen molar-refractivity contribution in [3.63, 3.8) is 0 Å². The van der Waals surface area contributed by atoms with Gasteiger partial charge in [-0.3, -0.25) is 0 Å². The standard InChI is InChI=1S/C9H15N.C5H5.ClH.Fe/c1-10(2,3)8-9-6-4-5-7-9;1-2-4-5-3-1;;/h4-7H,8H2,1-3H3;1-5H;1H;/q;-5;;/p-1. The van der Waals surface area contributed by atoms with Crippen molar-refractivity contribution in [2.75, 3.05) is 21.1 Å². The fourth-order valence-corrected chi connectivity index (χ4v) is 1.39. The first-order valence-electron chi connectivity index (χ1n) is 5.26. The third-order valence-electron chi connectivity index (χ3n) is 1.94. The summed E-state index contributed by atoms with van der Waals surface area (Å²) < 4.78 is 1.00. The SMILES string of the molecule is C[N+](C)(C)C[c-]1cccc1.[Cl-].[Fe].[cH-]1[cH-][cH-][cH-][cH-]1. The predicted octanol–water partition coefficient (Wildman–Crippen LogP) is 0.0187. The second-order valence-electron chi connectivity index (χ2n) is 4.70. The third kappa shape index (κ3) is 10.3. The first-order valence-corrected chi connectivity index (χ1v) is 5.26. The van der Waals surface area contributed by atoms with Crippen molar-refractivity contribution in [1.29, 1.82) is 0 Å². The van der Waals surface area contributed by atoms with Crippen LogP contribution in [0.3, 0.4) is 0 Å². The van der Waals surface area contributed by atoms with Crippen LogP contribution in [-0.2, 0) is 23.6 Å². The fraction of sp³-hybridized carbons (Fsp3) is 0.286. The number of rotatable bonds is 2. The van der Waals surface area contributed by atoms with Gasteiger partial charge >= 0.3 is 0 Å². The maximum Gasteiger partial charge on any atom is 0.0671 e. The summed E-state index contributed by atoms with van der Waals surface area (Å²) in [6.45, 7) is 1.12. The molecule has 0 aliphatic carbocycles. The van der Waals surface area contributed by atoms with E-state index < -0.39 is 0 Å². The van der Waals surface area contributed by atoms with Crippen LogP contribution < -0.4 is 12.4 Å². The van der Waals surface area contributed by atoms with E-state index in [-0.39, 0.29) is 29.5 Å². The molecule has 0 atom stereocenters. The van der Waals surface area contributed by atoms with Gasteiger partial charge in [-0.1, -0.05) is 0 Å². The summed E-state index contributed by atoms with van der Waals surface area (Å²) >= 11 is 0. The van der Waals surface area contributed by atoms with Crippen molar-refractivity contribution in [3.8, 4) is 0 Å². The van der Waals surface area contributed by atoms with Gasteiger partial charge in [0.05, 0.1) is 27.7 Å². The van der Waals surface area contributed by atoms with E-state index in [9.17, 15) is 0 Å². The van der Waals surface area contributed by atoms with E-state index in [1.165, 1.54) is 5.56 Å². The Balaban J connectivity index is 0. The molecule has 2 rings (SSSR count). The molecular formula is C14H20ClFeN-6. The van der Waals surface area contributed by atoms with Crippen LogP contribution in [0.25, 0.3) is 0 Å². The molecule has 0 aliphatic heterocycles. The van der Waals surface area contributed by atoms with Crippen molar-refractivity contribution in [3.05, 3.63) is 60.2 Å². The maximum absolute atomic E-state index is 2.20. The van der Waals surface area contributed by atoms with E-state index in [2.05, 4.69) is 45.4 Å². The summed E-state index contributed by atoms with van der Waals surface area (Å²) in [5.74, 6) is 0. The molecule has 2 aromatic carbocycles. The summed E-state index contributed by atoms with van der Waals surface area (Å²) in [6.07, 6.45) is 0. The topological polar surface area (TPSA) is 0 Å². The fourth-order valence-electron chi connectivity index (χ4n) is 1.39. The first-order chi connectivity index (χ1) is 7.08. The Morgan fingerprint density at radius 2 is 1.24 bits per heavy atom. The van der Waals surface area contributed by atoms with Gasteiger partial charge < -0.3 is 47.2 Å². The van der Waals surface area contributed by atoms with Gasteiger partial charge in [0.25, 0.3) is 0 Å². The molecule has 0 heterocycles. The Morgan fingerprint density at radius 3 is 1.53 bits per heavy atom. The molecule has 0 aromatic heterocycles. The van der Waals surface area contributed by atoms with Crippen molar-refractivity contribution in [1.82, 2.24) is 0 Å². The monoisotopic (exact) mass is 293 g/mol. The van der Waals surface area contributed by atoms with E-state index in [0.717, 1.165) is 11.0 Å². The van der Waals surface area contributed by atoms with Crippen LogP contribution in [0.1, 0.15) is 5.56 Å². The molecule has 0 saturated heterocycles. The molecule has 0 spiro atoms. The average Bonchev–Trinajstić information content (AvgIpc) is 2.71. The molecule has 1 nitrogen and oxygen atoms in total. The molecule has 17 heavy (non-hydrogen) atoms. The molecule has 0 fully saturated rings. The second kappa shape index (κ2) is 9.49. The Morgan fingerprint density at radius 1 is 0.882 bits per heavy atom. The number of hydrogen-bond acceptors (Lipinski definition) is 0. The van der Waals surface area contributed by atoms with Gasteiger partial charge in [0, 0.05) is 17.1 Å². The Kier molecular flexibility index (Phi) is 10.5. The summed E-state index contributed by atoms with van der Waals surface area (Å²) in [5, 5.41) is 0. The molecule has 2 aromatic rings. The molecule has 0 radical (unpaired) electrons. The quantitative estimate of drug-likeness (QED) is 0.416. The second-order valence-corrected chi connectivity index (χ2v) is 4.70. The molecule has 0 N–H and O–H groups in total. The van der Waals surface area contributed by atoms with Gasteiger partial charge in [-0.2, -0.15) is 12.1 Å². The van der Waals surface area contributed by atoms with Crippen LogP contribution in [-0.4, -0.2) is 25.6 Å². The minimum absolute atomic E-state index is 0. The molecule has 0 saturated carbocycles. The zero-order valence-electron chi connectivity index (χ0n) is 10.6.